The Morgan fingerprint density at radius 3 is 2.05 bits per heavy atom. The van der Waals surface area contributed by atoms with Crippen LogP contribution >= 0.6 is 0 Å². The molecular formula is C21H37Hf-3. The van der Waals surface area contributed by atoms with Crippen molar-refractivity contribution in [3.63, 3.8) is 0 Å². The Hall–Kier alpha value is 0.0901. The van der Waals surface area contributed by atoms with E-state index in [4.69, 9.17) is 0 Å². The van der Waals surface area contributed by atoms with E-state index in [0.717, 1.165) is 19.3 Å². The summed E-state index contributed by atoms with van der Waals surface area (Å²) in [6, 6.07) is 0. The van der Waals surface area contributed by atoms with Gasteiger partial charge in [-0.1, -0.05) is 64.9 Å². The summed E-state index contributed by atoms with van der Waals surface area (Å²) in [5, 5.41) is 0. The Morgan fingerprint density at radius 2 is 1.64 bits per heavy atom. The molecule has 0 unspecified atom stereocenters. The fourth-order valence-electron chi connectivity index (χ4n) is 1.59. The number of rotatable bonds is 9. The fourth-order valence-corrected chi connectivity index (χ4v) is 1.59. The molecule has 0 amide bonds. The van der Waals surface area contributed by atoms with Crippen LogP contribution in [0.2, 0.25) is 0 Å². The summed E-state index contributed by atoms with van der Waals surface area (Å²) in [7, 11) is 0. The first-order chi connectivity index (χ1) is 10.3. The SMILES string of the molecule is C=CCCCCCCC1=[C-]C=CC1.[CH2-]CCC.[CH2-]CCC.[Hf]. The molecule has 0 aromatic carbocycles. The Balaban J connectivity index is -0.000000338. The van der Waals surface area contributed by atoms with Crippen molar-refractivity contribution in [2.45, 2.75) is 84.5 Å². The topological polar surface area (TPSA) is 0 Å². The summed E-state index contributed by atoms with van der Waals surface area (Å²) in [6.45, 7) is 15.2. The molecule has 1 rings (SSSR count). The first-order valence-corrected chi connectivity index (χ1v) is 8.72. The van der Waals surface area contributed by atoms with E-state index in [1.165, 1.54) is 56.9 Å². The van der Waals surface area contributed by atoms with Crippen LogP contribution in [-0.4, -0.2) is 0 Å². The minimum atomic E-state index is 0. The van der Waals surface area contributed by atoms with E-state index < -0.39 is 0 Å². The quantitative estimate of drug-likeness (QED) is 0.143. The van der Waals surface area contributed by atoms with Crippen molar-refractivity contribution in [3.8, 4) is 0 Å². The molecule has 1 aliphatic carbocycles. The molecule has 1 heteroatoms. The van der Waals surface area contributed by atoms with Gasteiger partial charge in [0.25, 0.3) is 0 Å². The van der Waals surface area contributed by atoms with Gasteiger partial charge in [0.1, 0.15) is 0 Å². The zero-order chi connectivity index (χ0) is 16.2. The fraction of sp³-hybridized carbons (Fsp3) is 0.619. The second kappa shape index (κ2) is 26.0. The largest absolute Gasteiger partial charge is 0.343 e. The van der Waals surface area contributed by atoms with E-state index in [-0.39, 0.29) is 25.8 Å². The van der Waals surface area contributed by atoms with Crippen LogP contribution in [0, 0.1) is 19.9 Å². The van der Waals surface area contributed by atoms with Crippen molar-refractivity contribution in [2.24, 2.45) is 0 Å². The Labute approximate surface area is 160 Å². The normalized spacial score (nSPS) is 11.4. The second-order valence-electron chi connectivity index (χ2n) is 5.30. The molecule has 0 spiro atoms. The van der Waals surface area contributed by atoms with Gasteiger partial charge in [0, 0.05) is 25.8 Å². The molecule has 0 aliphatic heterocycles. The third-order valence-corrected chi connectivity index (χ3v) is 3.11. The van der Waals surface area contributed by atoms with Gasteiger partial charge in [-0.3, -0.25) is 6.08 Å². The van der Waals surface area contributed by atoms with Crippen molar-refractivity contribution in [2.75, 3.05) is 0 Å². The summed E-state index contributed by atoms with van der Waals surface area (Å²) in [5.41, 5.74) is 1.49. The molecule has 0 N–H and O–H groups in total. The predicted molar refractivity (Wildman–Crippen MR) is 98.9 cm³/mol. The van der Waals surface area contributed by atoms with Crippen molar-refractivity contribution >= 4 is 0 Å². The van der Waals surface area contributed by atoms with E-state index in [1.807, 2.05) is 12.2 Å². The van der Waals surface area contributed by atoms with Gasteiger partial charge in [0.15, 0.2) is 0 Å². The summed E-state index contributed by atoms with van der Waals surface area (Å²) in [5.74, 6) is 0. The summed E-state index contributed by atoms with van der Waals surface area (Å²) in [4.78, 5) is 0. The molecule has 22 heavy (non-hydrogen) atoms. The van der Waals surface area contributed by atoms with Crippen LogP contribution in [-0.2, 0) is 25.8 Å². The van der Waals surface area contributed by atoms with Gasteiger partial charge in [-0.25, -0.2) is 12.2 Å². The van der Waals surface area contributed by atoms with Crippen molar-refractivity contribution in [1.82, 2.24) is 0 Å². The number of hydrogen-bond acceptors (Lipinski definition) is 0. The number of unbranched alkanes of at least 4 members (excludes halogenated alkanes) is 6. The Bertz CT molecular complexity index is 243. The van der Waals surface area contributed by atoms with Crippen LogP contribution in [0.1, 0.15) is 84.5 Å². The van der Waals surface area contributed by atoms with Gasteiger partial charge < -0.3 is 13.8 Å². The van der Waals surface area contributed by atoms with Gasteiger partial charge >= 0.3 is 0 Å². The van der Waals surface area contributed by atoms with Gasteiger partial charge in [-0.15, -0.1) is 6.58 Å². The monoisotopic (exact) mass is 469 g/mol. The van der Waals surface area contributed by atoms with Crippen LogP contribution in [0.4, 0.5) is 0 Å². The Kier molecular flexibility index (Phi) is 31.9. The van der Waals surface area contributed by atoms with Gasteiger partial charge in [-0.2, -0.15) is 18.4 Å². The maximum absolute atomic E-state index is 3.72. The molecule has 0 nitrogen and oxygen atoms in total. The van der Waals surface area contributed by atoms with Crippen molar-refractivity contribution in [1.29, 1.82) is 0 Å². The molecule has 0 saturated carbocycles. The molecule has 0 saturated heterocycles. The van der Waals surface area contributed by atoms with Gasteiger partial charge in [0.05, 0.1) is 0 Å². The zero-order valence-corrected chi connectivity index (χ0v) is 18.7. The van der Waals surface area contributed by atoms with Gasteiger partial charge in [-0.05, 0) is 12.8 Å². The average molecular weight is 468 g/mol. The second-order valence-corrected chi connectivity index (χ2v) is 5.30. The van der Waals surface area contributed by atoms with Crippen LogP contribution in [0.5, 0.6) is 0 Å². The predicted octanol–water partition coefficient (Wildman–Crippen LogP) is 7.44. The smallest absolute Gasteiger partial charge is 0 e. The summed E-state index contributed by atoms with van der Waals surface area (Å²) in [6.07, 6.45) is 23.0. The minimum absolute atomic E-state index is 0. The molecule has 0 atom stereocenters. The van der Waals surface area contributed by atoms with Crippen LogP contribution in [0.25, 0.3) is 0 Å². The molecule has 128 valence electrons. The van der Waals surface area contributed by atoms with E-state index in [2.05, 4.69) is 46.4 Å². The molecule has 0 bridgehead atoms. The van der Waals surface area contributed by atoms with E-state index >= 15 is 0 Å². The van der Waals surface area contributed by atoms with E-state index in [9.17, 15) is 0 Å². The van der Waals surface area contributed by atoms with Crippen LogP contribution in [0.15, 0.2) is 30.4 Å². The molecule has 0 heterocycles. The maximum atomic E-state index is 3.72. The van der Waals surface area contributed by atoms with E-state index in [1.54, 1.807) is 0 Å². The molecular weight excluding hydrogens is 431 g/mol. The molecule has 0 aromatic rings. The molecule has 0 fully saturated rings. The summed E-state index contributed by atoms with van der Waals surface area (Å²) < 4.78 is 0. The van der Waals surface area contributed by atoms with E-state index in [0.29, 0.717) is 0 Å². The van der Waals surface area contributed by atoms with Crippen LogP contribution < -0.4 is 0 Å². The van der Waals surface area contributed by atoms with Crippen LogP contribution in [0.3, 0.4) is 0 Å². The molecule has 0 radical (unpaired) electrons. The number of allylic oxidation sites excluding steroid dienone is 5. The van der Waals surface area contributed by atoms with Crippen molar-refractivity contribution in [3.05, 3.63) is 50.3 Å². The van der Waals surface area contributed by atoms with Crippen molar-refractivity contribution < 1.29 is 25.8 Å². The third kappa shape index (κ3) is 25.1. The average Bonchev–Trinajstić information content (AvgIpc) is 3.04. The third-order valence-electron chi connectivity index (χ3n) is 3.11. The van der Waals surface area contributed by atoms with Gasteiger partial charge in [0.2, 0.25) is 0 Å². The first kappa shape index (κ1) is 27.0. The summed E-state index contributed by atoms with van der Waals surface area (Å²) >= 11 is 0. The minimum Gasteiger partial charge on any atom is -0.343 e. The zero-order valence-electron chi connectivity index (χ0n) is 15.1. The standard InChI is InChI=1S/C13H19.2C4H9.Hf/c1-2-3-4-5-6-7-10-13-11-8-9-12-13;2*1-3-4-2;/h2,8-9H,1,3-7,10-11H2;2*1,3-4H2,2H3;/q3*-1;. The maximum Gasteiger partial charge on any atom is 0 e. The molecule has 1 aliphatic rings. The first-order valence-electron chi connectivity index (χ1n) is 8.72. The Morgan fingerprint density at radius 1 is 1.09 bits per heavy atom. The molecule has 0 aromatic heterocycles. The number of hydrogen-bond donors (Lipinski definition) is 0.